The summed E-state index contributed by atoms with van der Waals surface area (Å²) in [7, 11) is 0. The van der Waals surface area contributed by atoms with Crippen molar-refractivity contribution in [3.05, 3.63) is 23.5 Å². The highest BCUT2D eigenvalue weighted by Gasteiger charge is 2.36. The number of anilines is 1. The van der Waals surface area contributed by atoms with Gasteiger partial charge in [-0.05, 0) is 25.0 Å². The van der Waals surface area contributed by atoms with Crippen molar-refractivity contribution in [2.45, 2.75) is 31.2 Å². The number of nitrogens with zero attached hydrogens (tertiary/aromatic N) is 1. The summed E-state index contributed by atoms with van der Waals surface area (Å²) in [6.07, 6.45) is 5.08. The lowest BCUT2D eigenvalue weighted by molar-refractivity contribution is -0.121. The molecule has 0 unspecified atom stereocenters. The Bertz CT molecular complexity index is 402. The van der Waals surface area contributed by atoms with Crippen LogP contribution in [0.25, 0.3) is 0 Å². The first kappa shape index (κ1) is 11.4. The molecule has 1 amide bonds. The quantitative estimate of drug-likeness (QED) is 0.775. The summed E-state index contributed by atoms with van der Waals surface area (Å²) in [5.41, 5.74) is 5.96. The van der Waals surface area contributed by atoms with Gasteiger partial charge in [0, 0.05) is 11.9 Å². The number of carbonyl (C=O) groups is 1. The van der Waals surface area contributed by atoms with Crippen molar-refractivity contribution in [2.24, 2.45) is 5.73 Å². The molecule has 16 heavy (non-hydrogen) atoms. The predicted molar refractivity (Wildman–Crippen MR) is 63.3 cm³/mol. The Hall–Kier alpha value is -1.13. The number of nitrogens with one attached hydrogen (secondary N) is 1. The molecule has 0 spiro atoms. The molecular weight excluding hydrogens is 226 g/mol. The van der Waals surface area contributed by atoms with Crippen molar-refractivity contribution in [1.82, 2.24) is 4.98 Å². The molecule has 1 aromatic heterocycles. The van der Waals surface area contributed by atoms with Crippen LogP contribution in [0.15, 0.2) is 18.3 Å². The number of hydrogen-bond donors (Lipinski definition) is 2. The summed E-state index contributed by atoms with van der Waals surface area (Å²) in [6, 6.07) is 3.31. The summed E-state index contributed by atoms with van der Waals surface area (Å²) in [5.74, 6) is -0.132. The Balaban J connectivity index is 2.07. The average molecular weight is 240 g/mol. The van der Waals surface area contributed by atoms with Crippen molar-refractivity contribution in [1.29, 1.82) is 0 Å². The number of carbonyl (C=O) groups excluding carboxylic acids is 1. The fraction of sp³-hybridized carbons (Fsp3) is 0.455. The third-order valence-corrected chi connectivity index (χ3v) is 3.14. The van der Waals surface area contributed by atoms with Crippen molar-refractivity contribution < 1.29 is 4.79 Å². The van der Waals surface area contributed by atoms with Crippen molar-refractivity contribution >= 4 is 23.2 Å². The first-order valence-electron chi connectivity index (χ1n) is 5.32. The van der Waals surface area contributed by atoms with Gasteiger partial charge in [-0.2, -0.15) is 0 Å². The number of halogens is 1. The van der Waals surface area contributed by atoms with E-state index in [2.05, 4.69) is 10.3 Å². The van der Waals surface area contributed by atoms with E-state index in [4.69, 9.17) is 17.3 Å². The second-order valence-corrected chi connectivity index (χ2v) is 4.57. The van der Waals surface area contributed by atoms with Gasteiger partial charge in [0.05, 0.1) is 5.54 Å². The van der Waals surface area contributed by atoms with Gasteiger partial charge in [0.1, 0.15) is 5.15 Å². The minimum Gasteiger partial charge on any atom is -0.324 e. The summed E-state index contributed by atoms with van der Waals surface area (Å²) in [5, 5.41) is 3.13. The Labute approximate surface area is 99.2 Å². The zero-order valence-corrected chi connectivity index (χ0v) is 9.63. The van der Waals surface area contributed by atoms with Crippen LogP contribution >= 0.6 is 11.6 Å². The highest BCUT2D eigenvalue weighted by Crippen LogP contribution is 2.28. The van der Waals surface area contributed by atoms with Gasteiger partial charge in [-0.1, -0.05) is 24.4 Å². The molecule has 0 aromatic carbocycles. The highest BCUT2D eigenvalue weighted by molar-refractivity contribution is 6.29. The van der Waals surface area contributed by atoms with Gasteiger partial charge < -0.3 is 11.1 Å². The minimum absolute atomic E-state index is 0.132. The number of amides is 1. The van der Waals surface area contributed by atoms with Crippen molar-refractivity contribution in [2.75, 3.05) is 5.32 Å². The Kier molecular flexibility index (Phi) is 3.12. The van der Waals surface area contributed by atoms with E-state index in [1.165, 1.54) is 0 Å². The molecule has 86 valence electrons. The molecule has 1 fully saturated rings. The summed E-state index contributed by atoms with van der Waals surface area (Å²) >= 11 is 5.73. The van der Waals surface area contributed by atoms with Crippen LogP contribution in [0.4, 0.5) is 5.69 Å². The van der Waals surface area contributed by atoms with E-state index >= 15 is 0 Å². The van der Waals surface area contributed by atoms with E-state index < -0.39 is 5.54 Å². The first-order valence-corrected chi connectivity index (χ1v) is 5.70. The van der Waals surface area contributed by atoms with Crippen LogP contribution in [0.5, 0.6) is 0 Å². The molecule has 1 aromatic rings. The van der Waals surface area contributed by atoms with Crippen LogP contribution in [0, 0.1) is 0 Å². The lowest BCUT2D eigenvalue weighted by Gasteiger charge is -2.22. The molecule has 0 aliphatic heterocycles. The Morgan fingerprint density at radius 2 is 2.19 bits per heavy atom. The SMILES string of the molecule is NC1(C(=O)Nc2ccnc(Cl)c2)CCCC1. The van der Waals surface area contributed by atoms with Gasteiger partial charge in [-0.15, -0.1) is 0 Å². The zero-order chi connectivity index (χ0) is 11.6. The Morgan fingerprint density at radius 1 is 1.50 bits per heavy atom. The molecule has 4 nitrogen and oxygen atoms in total. The van der Waals surface area contributed by atoms with E-state index in [1.807, 2.05) is 0 Å². The van der Waals surface area contributed by atoms with Crippen LogP contribution in [-0.2, 0) is 4.79 Å². The molecule has 3 N–H and O–H groups in total. The lowest BCUT2D eigenvalue weighted by atomic mass is 9.98. The largest absolute Gasteiger partial charge is 0.324 e. The number of rotatable bonds is 2. The Morgan fingerprint density at radius 3 is 2.81 bits per heavy atom. The van der Waals surface area contributed by atoms with E-state index in [1.54, 1.807) is 18.3 Å². The number of pyridine rings is 1. The van der Waals surface area contributed by atoms with E-state index in [9.17, 15) is 4.79 Å². The normalized spacial score (nSPS) is 18.4. The smallest absolute Gasteiger partial charge is 0.244 e. The molecule has 1 saturated carbocycles. The van der Waals surface area contributed by atoms with E-state index in [0.717, 1.165) is 25.7 Å². The number of aromatic nitrogens is 1. The molecular formula is C11H14ClN3O. The maximum absolute atomic E-state index is 11.9. The van der Waals surface area contributed by atoms with Gasteiger partial charge in [0.25, 0.3) is 0 Å². The average Bonchev–Trinajstić information content (AvgIpc) is 2.66. The highest BCUT2D eigenvalue weighted by atomic mass is 35.5. The fourth-order valence-electron chi connectivity index (χ4n) is 1.97. The maximum Gasteiger partial charge on any atom is 0.244 e. The molecule has 5 heteroatoms. The molecule has 1 aliphatic carbocycles. The number of hydrogen-bond acceptors (Lipinski definition) is 3. The molecule has 1 aliphatic rings. The lowest BCUT2D eigenvalue weighted by Crippen LogP contribution is -2.48. The minimum atomic E-state index is -0.713. The summed E-state index contributed by atoms with van der Waals surface area (Å²) in [4.78, 5) is 15.8. The second kappa shape index (κ2) is 4.39. The molecule has 0 radical (unpaired) electrons. The summed E-state index contributed by atoms with van der Waals surface area (Å²) < 4.78 is 0. The predicted octanol–water partition coefficient (Wildman–Crippen LogP) is 1.94. The second-order valence-electron chi connectivity index (χ2n) is 4.18. The third kappa shape index (κ3) is 2.33. The van der Waals surface area contributed by atoms with Gasteiger partial charge >= 0.3 is 0 Å². The van der Waals surface area contributed by atoms with Gasteiger partial charge in [0.2, 0.25) is 5.91 Å². The monoisotopic (exact) mass is 239 g/mol. The zero-order valence-electron chi connectivity index (χ0n) is 8.87. The molecule has 0 saturated heterocycles. The van der Waals surface area contributed by atoms with Crippen LogP contribution in [-0.4, -0.2) is 16.4 Å². The molecule has 0 atom stereocenters. The van der Waals surface area contributed by atoms with Crippen LogP contribution < -0.4 is 11.1 Å². The van der Waals surface area contributed by atoms with E-state index in [-0.39, 0.29) is 5.91 Å². The third-order valence-electron chi connectivity index (χ3n) is 2.93. The van der Waals surface area contributed by atoms with Crippen molar-refractivity contribution in [3.8, 4) is 0 Å². The topological polar surface area (TPSA) is 68.0 Å². The van der Waals surface area contributed by atoms with Crippen molar-refractivity contribution in [3.63, 3.8) is 0 Å². The van der Waals surface area contributed by atoms with Crippen LogP contribution in [0.3, 0.4) is 0 Å². The van der Waals surface area contributed by atoms with Gasteiger partial charge in [-0.3, -0.25) is 4.79 Å². The number of nitrogens with two attached hydrogens (primary N) is 1. The van der Waals surface area contributed by atoms with Gasteiger partial charge in [-0.25, -0.2) is 4.98 Å². The maximum atomic E-state index is 11.9. The van der Waals surface area contributed by atoms with E-state index in [0.29, 0.717) is 10.8 Å². The fourth-order valence-corrected chi connectivity index (χ4v) is 2.14. The summed E-state index contributed by atoms with van der Waals surface area (Å²) in [6.45, 7) is 0. The molecule has 0 bridgehead atoms. The standard InChI is InChI=1S/C11H14ClN3O/c12-9-7-8(3-6-14-9)15-10(16)11(13)4-1-2-5-11/h3,6-7H,1-2,4-5,13H2,(H,14,15,16). The molecule has 2 rings (SSSR count). The van der Waals surface area contributed by atoms with Crippen LogP contribution in [0.1, 0.15) is 25.7 Å². The first-order chi connectivity index (χ1) is 7.60. The molecule has 1 heterocycles. The van der Waals surface area contributed by atoms with Gasteiger partial charge in [0.15, 0.2) is 0 Å². The van der Waals surface area contributed by atoms with Crippen LogP contribution in [0.2, 0.25) is 5.15 Å².